The monoisotopic (exact) mass is 234 g/mol. The van der Waals surface area contributed by atoms with Crippen LogP contribution in [0.25, 0.3) is 0 Å². The number of nitrogens with two attached hydrogens (primary N) is 1. The lowest BCUT2D eigenvalue weighted by molar-refractivity contribution is 0.614. The van der Waals surface area contributed by atoms with Gasteiger partial charge in [0.25, 0.3) is 0 Å². The largest absolute Gasteiger partial charge is 0.319 e. The molecule has 1 aromatic heterocycles. The molecule has 4 heteroatoms. The van der Waals surface area contributed by atoms with Crippen LogP contribution in [0.5, 0.6) is 0 Å². The highest BCUT2D eigenvalue weighted by Gasteiger charge is 2.11. The minimum atomic E-state index is -0.551. The number of hydrogen-bond donors (Lipinski definition) is 1. The van der Waals surface area contributed by atoms with E-state index in [1.807, 2.05) is 0 Å². The first-order valence-corrected chi connectivity index (χ1v) is 5.20. The van der Waals surface area contributed by atoms with Crippen LogP contribution in [-0.4, -0.2) is 4.98 Å². The molecule has 1 heterocycles. The summed E-state index contributed by atoms with van der Waals surface area (Å²) >= 11 is 0. The van der Waals surface area contributed by atoms with Crippen LogP contribution in [0.15, 0.2) is 36.5 Å². The SMILES string of the molecule is Cc1cc(F)cc(C(N)c2ccc(F)cn2)c1. The fourth-order valence-electron chi connectivity index (χ4n) is 1.69. The lowest BCUT2D eigenvalue weighted by Crippen LogP contribution is -2.14. The summed E-state index contributed by atoms with van der Waals surface area (Å²) in [6.07, 6.45) is 1.10. The minimum absolute atomic E-state index is 0.336. The van der Waals surface area contributed by atoms with Gasteiger partial charge in [-0.25, -0.2) is 8.78 Å². The molecule has 2 nitrogen and oxygen atoms in total. The molecule has 0 spiro atoms. The van der Waals surface area contributed by atoms with Crippen molar-refractivity contribution in [1.29, 1.82) is 0 Å². The van der Waals surface area contributed by atoms with Crippen LogP contribution in [0.3, 0.4) is 0 Å². The zero-order valence-electron chi connectivity index (χ0n) is 9.32. The van der Waals surface area contributed by atoms with Gasteiger partial charge in [-0.1, -0.05) is 6.07 Å². The van der Waals surface area contributed by atoms with E-state index in [4.69, 9.17) is 5.73 Å². The highest BCUT2D eigenvalue weighted by molar-refractivity contribution is 5.31. The molecule has 17 heavy (non-hydrogen) atoms. The molecule has 0 fully saturated rings. The summed E-state index contributed by atoms with van der Waals surface area (Å²) in [5.41, 5.74) is 7.88. The molecule has 0 aliphatic rings. The van der Waals surface area contributed by atoms with Crippen molar-refractivity contribution in [3.05, 3.63) is 65.0 Å². The zero-order chi connectivity index (χ0) is 12.4. The first-order chi connectivity index (χ1) is 8.06. The molecule has 1 aromatic carbocycles. The first-order valence-electron chi connectivity index (χ1n) is 5.20. The van der Waals surface area contributed by atoms with E-state index in [-0.39, 0.29) is 5.82 Å². The Hall–Kier alpha value is -1.81. The third kappa shape index (κ3) is 2.65. The Morgan fingerprint density at radius 2 is 1.88 bits per heavy atom. The van der Waals surface area contributed by atoms with Crippen molar-refractivity contribution in [3.8, 4) is 0 Å². The van der Waals surface area contributed by atoms with Gasteiger partial charge in [-0.2, -0.15) is 0 Å². The molecule has 0 radical (unpaired) electrons. The number of rotatable bonds is 2. The second-order valence-electron chi connectivity index (χ2n) is 3.94. The lowest BCUT2D eigenvalue weighted by atomic mass is 10.0. The van der Waals surface area contributed by atoms with Gasteiger partial charge in [-0.05, 0) is 42.3 Å². The van der Waals surface area contributed by atoms with Crippen molar-refractivity contribution in [3.63, 3.8) is 0 Å². The van der Waals surface area contributed by atoms with Gasteiger partial charge in [0, 0.05) is 0 Å². The molecule has 2 rings (SSSR count). The van der Waals surface area contributed by atoms with Crippen molar-refractivity contribution in [1.82, 2.24) is 4.98 Å². The van der Waals surface area contributed by atoms with E-state index >= 15 is 0 Å². The van der Waals surface area contributed by atoms with Crippen molar-refractivity contribution in [2.24, 2.45) is 5.73 Å². The third-order valence-electron chi connectivity index (χ3n) is 2.49. The number of hydrogen-bond acceptors (Lipinski definition) is 2. The predicted octanol–water partition coefficient (Wildman–Crippen LogP) is 2.72. The molecule has 0 saturated carbocycles. The van der Waals surface area contributed by atoms with Crippen LogP contribution < -0.4 is 5.73 Å². The van der Waals surface area contributed by atoms with Gasteiger partial charge in [0.05, 0.1) is 17.9 Å². The van der Waals surface area contributed by atoms with E-state index < -0.39 is 11.9 Å². The molecule has 1 unspecified atom stereocenters. The molecule has 0 amide bonds. The predicted molar refractivity (Wildman–Crippen MR) is 61.4 cm³/mol. The van der Waals surface area contributed by atoms with Crippen LogP contribution >= 0.6 is 0 Å². The molecular formula is C13H12F2N2. The summed E-state index contributed by atoms with van der Waals surface area (Å²) in [4.78, 5) is 3.89. The van der Waals surface area contributed by atoms with Crippen LogP contribution in [0, 0.1) is 18.6 Å². The van der Waals surface area contributed by atoms with Gasteiger partial charge < -0.3 is 5.73 Å². The number of aromatic nitrogens is 1. The Bertz CT molecular complexity index is 503. The molecule has 0 saturated heterocycles. The van der Waals surface area contributed by atoms with Gasteiger partial charge in [-0.15, -0.1) is 0 Å². The fraction of sp³-hybridized carbons (Fsp3) is 0.154. The molecule has 1 atom stereocenters. The zero-order valence-corrected chi connectivity index (χ0v) is 9.32. The maximum atomic E-state index is 13.2. The van der Waals surface area contributed by atoms with E-state index in [1.165, 1.54) is 24.3 Å². The summed E-state index contributed by atoms with van der Waals surface area (Å²) in [7, 11) is 0. The molecule has 0 aliphatic heterocycles. The number of nitrogens with zero attached hydrogens (tertiary/aromatic N) is 1. The highest BCUT2D eigenvalue weighted by atomic mass is 19.1. The van der Waals surface area contributed by atoms with E-state index in [0.29, 0.717) is 11.3 Å². The average molecular weight is 234 g/mol. The van der Waals surface area contributed by atoms with E-state index in [9.17, 15) is 8.78 Å². The average Bonchev–Trinajstić information content (AvgIpc) is 2.28. The Morgan fingerprint density at radius 1 is 1.12 bits per heavy atom. The summed E-state index contributed by atoms with van der Waals surface area (Å²) in [6.45, 7) is 1.79. The Morgan fingerprint density at radius 3 is 2.47 bits per heavy atom. The van der Waals surface area contributed by atoms with Gasteiger partial charge in [0.2, 0.25) is 0 Å². The maximum absolute atomic E-state index is 13.2. The Kier molecular flexibility index (Phi) is 3.15. The fourth-order valence-corrected chi connectivity index (χ4v) is 1.69. The van der Waals surface area contributed by atoms with Crippen molar-refractivity contribution < 1.29 is 8.78 Å². The molecule has 88 valence electrons. The summed E-state index contributed by atoms with van der Waals surface area (Å²) < 4.78 is 25.9. The first kappa shape index (κ1) is 11.7. The normalized spacial score (nSPS) is 12.5. The summed E-state index contributed by atoms with van der Waals surface area (Å²) in [5, 5.41) is 0. The number of benzene rings is 1. The topological polar surface area (TPSA) is 38.9 Å². The maximum Gasteiger partial charge on any atom is 0.141 e. The van der Waals surface area contributed by atoms with E-state index in [1.54, 1.807) is 13.0 Å². The highest BCUT2D eigenvalue weighted by Crippen LogP contribution is 2.20. The summed E-state index contributed by atoms with van der Waals surface area (Å²) in [5.74, 6) is -0.756. The van der Waals surface area contributed by atoms with Crippen molar-refractivity contribution in [2.45, 2.75) is 13.0 Å². The van der Waals surface area contributed by atoms with Crippen LogP contribution in [-0.2, 0) is 0 Å². The third-order valence-corrected chi connectivity index (χ3v) is 2.49. The van der Waals surface area contributed by atoms with Crippen LogP contribution in [0.4, 0.5) is 8.78 Å². The lowest BCUT2D eigenvalue weighted by Gasteiger charge is -2.12. The van der Waals surface area contributed by atoms with Crippen LogP contribution in [0.1, 0.15) is 22.9 Å². The van der Waals surface area contributed by atoms with Gasteiger partial charge in [0.15, 0.2) is 0 Å². The molecule has 0 bridgehead atoms. The Labute approximate surface area is 98.1 Å². The minimum Gasteiger partial charge on any atom is -0.319 e. The standard InChI is InChI=1S/C13H12F2N2/c1-8-4-9(6-11(15)5-8)13(16)12-3-2-10(14)7-17-12/h2-7,13H,16H2,1H3. The molecule has 2 aromatic rings. The quantitative estimate of drug-likeness (QED) is 0.867. The van der Waals surface area contributed by atoms with E-state index in [0.717, 1.165) is 11.8 Å². The number of pyridine rings is 1. The molecule has 0 aliphatic carbocycles. The number of halogens is 2. The van der Waals surface area contributed by atoms with Gasteiger partial charge in [-0.3, -0.25) is 4.98 Å². The van der Waals surface area contributed by atoms with Crippen LogP contribution in [0.2, 0.25) is 0 Å². The Balaban J connectivity index is 2.36. The number of aryl methyl sites for hydroxylation is 1. The van der Waals surface area contributed by atoms with Gasteiger partial charge in [0.1, 0.15) is 11.6 Å². The second kappa shape index (κ2) is 4.59. The van der Waals surface area contributed by atoms with E-state index in [2.05, 4.69) is 4.98 Å². The smallest absolute Gasteiger partial charge is 0.141 e. The van der Waals surface area contributed by atoms with Crippen molar-refractivity contribution in [2.75, 3.05) is 0 Å². The second-order valence-corrected chi connectivity index (χ2v) is 3.94. The van der Waals surface area contributed by atoms with Crippen molar-refractivity contribution >= 4 is 0 Å². The van der Waals surface area contributed by atoms with Gasteiger partial charge >= 0.3 is 0 Å². The summed E-state index contributed by atoms with van der Waals surface area (Å²) in [6, 6.07) is 6.81. The molecular weight excluding hydrogens is 222 g/mol. The molecule has 2 N–H and O–H groups in total.